The van der Waals surface area contributed by atoms with Crippen LogP contribution in [0, 0.1) is 0 Å². The summed E-state index contributed by atoms with van der Waals surface area (Å²) in [4.78, 5) is 10.4. The van der Waals surface area contributed by atoms with Gasteiger partial charge in [-0.2, -0.15) is 13.2 Å². The number of ether oxygens (including phenoxy) is 1. The van der Waals surface area contributed by atoms with Gasteiger partial charge >= 0.3 is 12.1 Å². The molecule has 0 radical (unpaired) electrons. The third-order valence-electron chi connectivity index (χ3n) is 1.57. The Morgan fingerprint density at radius 3 is 2.23 bits per heavy atom. The lowest BCUT2D eigenvalue weighted by molar-refractivity contribution is -0.205. The maximum atomic E-state index is 11.7. The number of rotatable bonds is 4. The molecule has 0 aromatic rings. The van der Waals surface area contributed by atoms with E-state index in [1.54, 1.807) is 6.92 Å². The van der Waals surface area contributed by atoms with Gasteiger partial charge in [0.15, 0.2) is 0 Å². The largest absolute Gasteiger partial charge is 0.490 e. The Bertz CT molecular complexity index is 165. The van der Waals surface area contributed by atoms with Crippen LogP contribution < -0.4 is 0 Å². The van der Waals surface area contributed by atoms with Crippen LogP contribution in [0.2, 0.25) is 0 Å². The molecule has 0 saturated carbocycles. The van der Waals surface area contributed by atoms with Crippen molar-refractivity contribution in [3.05, 3.63) is 0 Å². The van der Waals surface area contributed by atoms with E-state index >= 15 is 0 Å². The summed E-state index contributed by atoms with van der Waals surface area (Å²) in [7, 11) is 0. The predicted octanol–water partition coefficient (Wildman–Crippen LogP) is 2.67. The molecule has 0 aliphatic carbocycles. The molecule has 5 heteroatoms. The van der Waals surface area contributed by atoms with Crippen molar-refractivity contribution in [2.24, 2.45) is 0 Å². The van der Waals surface area contributed by atoms with Crippen LogP contribution in [-0.2, 0) is 9.53 Å². The molecule has 78 valence electrons. The molecule has 0 rings (SSSR count). The molecule has 0 bridgehead atoms. The minimum atomic E-state index is -4.87. The van der Waals surface area contributed by atoms with Crippen LogP contribution in [0.3, 0.4) is 0 Å². The maximum Gasteiger partial charge on any atom is 0.490 e. The Hall–Kier alpha value is -0.740. The van der Waals surface area contributed by atoms with Gasteiger partial charge in [-0.15, -0.1) is 0 Å². The van der Waals surface area contributed by atoms with Crippen molar-refractivity contribution in [2.45, 2.75) is 45.4 Å². The number of hydrogen-bond donors (Lipinski definition) is 0. The Labute approximate surface area is 75.1 Å². The smallest absolute Gasteiger partial charge is 0.456 e. The molecule has 13 heavy (non-hydrogen) atoms. The lowest BCUT2D eigenvalue weighted by Gasteiger charge is -2.15. The highest BCUT2D eigenvalue weighted by molar-refractivity contribution is 5.75. The molecule has 0 fully saturated rings. The first kappa shape index (κ1) is 12.3. The second kappa shape index (κ2) is 5.09. The number of esters is 1. The first-order valence-corrected chi connectivity index (χ1v) is 4.19. The van der Waals surface area contributed by atoms with E-state index < -0.39 is 18.2 Å². The quantitative estimate of drug-likeness (QED) is 0.649. The fourth-order valence-electron chi connectivity index (χ4n) is 0.887. The predicted molar refractivity (Wildman–Crippen MR) is 41.1 cm³/mol. The summed E-state index contributed by atoms with van der Waals surface area (Å²) in [6.07, 6.45) is -3.90. The third-order valence-corrected chi connectivity index (χ3v) is 1.57. The van der Waals surface area contributed by atoms with E-state index in [1.165, 1.54) is 0 Å². The van der Waals surface area contributed by atoms with Gasteiger partial charge in [0.2, 0.25) is 0 Å². The third kappa shape index (κ3) is 4.75. The second-order valence-electron chi connectivity index (χ2n) is 2.72. The van der Waals surface area contributed by atoms with E-state index in [0.717, 1.165) is 0 Å². The molecule has 0 aromatic carbocycles. The second-order valence-corrected chi connectivity index (χ2v) is 2.72. The molecule has 2 nitrogen and oxygen atoms in total. The fourth-order valence-corrected chi connectivity index (χ4v) is 0.887. The van der Waals surface area contributed by atoms with Gasteiger partial charge in [-0.1, -0.05) is 20.3 Å². The van der Waals surface area contributed by atoms with Gasteiger partial charge in [0.1, 0.15) is 6.10 Å². The zero-order valence-corrected chi connectivity index (χ0v) is 7.65. The summed E-state index contributed by atoms with van der Waals surface area (Å²) in [5, 5.41) is 0. The maximum absolute atomic E-state index is 11.7. The van der Waals surface area contributed by atoms with Gasteiger partial charge in [-0.25, -0.2) is 4.79 Å². The van der Waals surface area contributed by atoms with E-state index in [1.807, 2.05) is 6.92 Å². The fraction of sp³-hybridized carbons (Fsp3) is 0.875. The lowest BCUT2D eigenvalue weighted by Crippen LogP contribution is -2.29. The van der Waals surface area contributed by atoms with Crippen LogP contribution in [0.5, 0.6) is 0 Å². The van der Waals surface area contributed by atoms with Crippen molar-refractivity contribution >= 4 is 5.97 Å². The van der Waals surface area contributed by atoms with Gasteiger partial charge in [-0.3, -0.25) is 0 Å². The molecule has 0 N–H and O–H groups in total. The highest BCUT2D eigenvalue weighted by Crippen LogP contribution is 2.19. The van der Waals surface area contributed by atoms with Crippen LogP contribution >= 0.6 is 0 Å². The van der Waals surface area contributed by atoms with Crippen LogP contribution in [0.1, 0.15) is 33.1 Å². The topological polar surface area (TPSA) is 26.3 Å². The summed E-state index contributed by atoms with van der Waals surface area (Å²) in [5.41, 5.74) is 0. The number of carbonyl (C=O) groups excluding carboxylic acids is 1. The van der Waals surface area contributed by atoms with Gasteiger partial charge < -0.3 is 4.74 Å². The molecular formula is C8H13F3O2. The Balaban J connectivity index is 4.01. The van der Waals surface area contributed by atoms with E-state index in [9.17, 15) is 18.0 Å². The minimum absolute atomic E-state index is 0.412. The molecule has 1 unspecified atom stereocenters. The number of alkyl halides is 3. The Morgan fingerprint density at radius 2 is 1.92 bits per heavy atom. The monoisotopic (exact) mass is 198 g/mol. The molecule has 0 saturated heterocycles. The lowest BCUT2D eigenvalue weighted by atomic mass is 10.2. The average Bonchev–Trinajstić information content (AvgIpc) is 2.01. The molecule has 0 heterocycles. The number of carbonyl (C=O) groups is 1. The van der Waals surface area contributed by atoms with Gasteiger partial charge in [0.05, 0.1) is 0 Å². The molecule has 0 aromatic heterocycles. The Kier molecular flexibility index (Phi) is 4.80. The molecule has 0 spiro atoms. The highest BCUT2D eigenvalue weighted by atomic mass is 19.4. The molecular weight excluding hydrogens is 185 g/mol. The number of hydrogen-bond acceptors (Lipinski definition) is 2. The van der Waals surface area contributed by atoms with E-state index in [4.69, 9.17) is 0 Å². The van der Waals surface area contributed by atoms with Gasteiger partial charge in [0, 0.05) is 0 Å². The SMILES string of the molecule is CCCC(CC)OC(=O)C(F)(F)F. The van der Waals surface area contributed by atoms with Crippen LogP contribution in [0.4, 0.5) is 13.2 Å². The summed E-state index contributed by atoms with van der Waals surface area (Å²) >= 11 is 0. The van der Waals surface area contributed by atoms with Crippen molar-refractivity contribution in [1.29, 1.82) is 0 Å². The zero-order valence-electron chi connectivity index (χ0n) is 7.65. The zero-order chi connectivity index (χ0) is 10.5. The van der Waals surface area contributed by atoms with Crippen molar-refractivity contribution in [3.63, 3.8) is 0 Å². The van der Waals surface area contributed by atoms with E-state index in [0.29, 0.717) is 19.3 Å². The summed E-state index contributed by atoms with van der Waals surface area (Å²) < 4.78 is 39.4. The van der Waals surface area contributed by atoms with E-state index in [-0.39, 0.29) is 0 Å². The number of halogens is 3. The van der Waals surface area contributed by atoms with Crippen molar-refractivity contribution in [2.75, 3.05) is 0 Å². The van der Waals surface area contributed by atoms with E-state index in [2.05, 4.69) is 4.74 Å². The van der Waals surface area contributed by atoms with Gasteiger partial charge in [0.25, 0.3) is 0 Å². The normalized spacial score (nSPS) is 13.9. The molecule has 1 atom stereocenters. The highest BCUT2D eigenvalue weighted by Gasteiger charge is 2.41. The van der Waals surface area contributed by atoms with Crippen LogP contribution in [0.25, 0.3) is 0 Å². The van der Waals surface area contributed by atoms with Crippen molar-refractivity contribution < 1.29 is 22.7 Å². The summed E-state index contributed by atoms with van der Waals surface area (Å²) in [5.74, 6) is -2.09. The standard InChI is InChI=1S/C8H13F3O2/c1-3-5-6(4-2)13-7(12)8(9,10)11/h6H,3-5H2,1-2H3. The summed E-state index contributed by atoms with van der Waals surface area (Å²) in [6.45, 7) is 3.51. The van der Waals surface area contributed by atoms with Crippen LogP contribution in [-0.4, -0.2) is 18.2 Å². The molecule has 0 aliphatic heterocycles. The Morgan fingerprint density at radius 1 is 1.38 bits per heavy atom. The summed E-state index contributed by atoms with van der Waals surface area (Å²) in [6, 6.07) is 0. The van der Waals surface area contributed by atoms with Gasteiger partial charge in [-0.05, 0) is 12.8 Å². The first-order chi connectivity index (χ1) is 5.91. The molecule has 0 amide bonds. The first-order valence-electron chi connectivity index (χ1n) is 4.19. The van der Waals surface area contributed by atoms with Crippen molar-refractivity contribution in [3.8, 4) is 0 Å². The van der Waals surface area contributed by atoms with Crippen LogP contribution in [0.15, 0.2) is 0 Å². The van der Waals surface area contributed by atoms with Crippen molar-refractivity contribution in [1.82, 2.24) is 0 Å². The average molecular weight is 198 g/mol. The minimum Gasteiger partial charge on any atom is -0.456 e. The molecule has 0 aliphatic rings.